The van der Waals surface area contributed by atoms with E-state index in [0.29, 0.717) is 18.4 Å². The molecule has 25 nitrogen and oxygen atoms in total. The van der Waals surface area contributed by atoms with Crippen LogP contribution in [0.1, 0.15) is 30.6 Å². The molecule has 1 aliphatic carbocycles. The van der Waals surface area contributed by atoms with Crippen molar-refractivity contribution in [2.75, 3.05) is 58.5 Å². The first kappa shape index (κ1) is 47.6. The number of carbonyl (C=O) groups excluding carboxylic acids is 2. The molecule has 1 aromatic carbocycles. The Balaban J connectivity index is 0.875. The molecule has 0 bridgehead atoms. The highest BCUT2D eigenvalue weighted by molar-refractivity contribution is 7.47. The van der Waals surface area contributed by atoms with E-state index in [2.05, 4.69) is 25.7 Å². The second-order valence-corrected chi connectivity index (χ2v) is 14.9. The molecule has 3 aromatic heterocycles. The van der Waals surface area contributed by atoms with Crippen LogP contribution in [0.5, 0.6) is 23.0 Å². The number of aromatic hydroxyl groups is 4. The zero-order chi connectivity index (χ0) is 44.8. The summed E-state index contributed by atoms with van der Waals surface area (Å²) in [6, 6.07) is 3.83. The number of anilines is 1. The number of ether oxygens (including phenoxy) is 4. The fourth-order valence-electron chi connectivity index (χ4n) is 5.93. The molecule has 6 atom stereocenters. The topological polar surface area (TPSA) is 375 Å². The molecule has 0 spiro atoms. The minimum absolute atomic E-state index is 0.0755. The molecule has 6 unspecified atom stereocenters. The van der Waals surface area contributed by atoms with Crippen molar-refractivity contribution in [2.24, 2.45) is 5.92 Å². The molecule has 3 heterocycles. The Labute approximate surface area is 351 Å². The number of aliphatic hydroxyl groups is 3. The first-order chi connectivity index (χ1) is 29.7. The van der Waals surface area contributed by atoms with E-state index < -0.39 is 73.9 Å². The van der Waals surface area contributed by atoms with E-state index in [4.69, 9.17) is 38.2 Å². The number of phosphoric ester groups is 1. The number of hydroxylamine groups is 1. The van der Waals surface area contributed by atoms with Gasteiger partial charge in [0.25, 0.3) is 5.88 Å². The maximum atomic E-state index is 13.0. The third-order valence-electron chi connectivity index (χ3n) is 9.05. The van der Waals surface area contributed by atoms with Crippen molar-refractivity contribution in [2.45, 2.75) is 50.3 Å². The van der Waals surface area contributed by atoms with E-state index in [1.807, 2.05) is 0 Å². The normalized spacial score (nSPS) is 20.1. The lowest BCUT2D eigenvalue weighted by Gasteiger charge is -2.39. The van der Waals surface area contributed by atoms with Gasteiger partial charge in [-0.1, -0.05) is 6.07 Å². The molecule has 1 saturated carbocycles. The number of aromatic nitrogens is 4. The molecule has 0 saturated heterocycles. The van der Waals surface area contributed by atoms with Crippen LogP contribution in [0, 0.1) is 5.92 Å². The van der Waals surface area contributed by atoms with Crippen LogP contribution in [-0.4, -0.2) is 149 Å². The van der Waals surface area contributed by atoms with Gasteiger partial charge in [0.1, 0.15) is 37.4 Å². The number of furan rings is 1. The maximum Gasteiger partial charge on any atom is 0.489 e. The number of imidazole rings is 1. The fourth-order valence-corrected chi connectivity index (χ4v) is 6.52. The zero-order valence-electron chi connectivity index (χ0n) is 32.9. The number of hydrogen-bond acceptors (Lipinski definition) is 22. The molecule has 4 aromatic rings. The summed E-state index contributed by atoms with van der Waals surface area (Å²) in [7, 11) is -4.67. The van der Waals surface area contributed by atoms with E-state index >= 15 is 0 Å². The van der Waals surface area contributed by atoms with Crippen LogP contribution in [0.4, 0.5) is 5.82 Å². The number of esters is 1. The van der Waals surface area contributed by atoms with Crippen LogP contribution < -0.4 is 16.5 Å². The van der Waals surface area contributed by atoms with Crippen LogP contribution in [0.3, 0.4) is 0 Å². The molecule has 62 heavy (non-hydrogen) atoms. The van der Waals surface area contributed by atoms with Crippen molar-refractivity contribution in [1.82, 2.24) is 30.3 Å². The number of nitrogen functional groups attached to an aromatic ring is 1. The average Bonchev–Trinajstić information content (AvgIpc) is 3.79. The number of nitrogens with two attached hydrogens (primary N) is 1. The smallest absolute Gasteiger partial charge is 0.489 e. The highest BCUT2D eigenvalue weighted by Crippen LogP contribution is 2.46. The minimum Gasteiger partial charge on any atom is -0.504 e. The third-order valence-corrected chi connectivity index (χ3v) is 9.87. The molecule has 1 amide bonds. The van der Waals surface area contributed by atoms with Crippen LogP contribution in [0.15, 0.2) is 41.3 Å². The molecule has 12 N–H and O–H groups in total. The van der Waals surface area contributed by atoms with Gasteiger partial charge in [-0.05, 0) is 36.6 Å². The molecule has 0 radical (unpaired) electrons. The first-order valence-corrected chi connectivity index (χ1v) is 20.5. The molecule has 5 rings (SSSR count). The number of benzene rings is 1. The Morgan fingerprint density at radius 1 is 0.919 bits per heavy atom. The Bertz CT molecular complexity index is 2190. The summed E-state index contributed by atoms with van der Waals surface area (Å²) in [6.07, 6.45) is -1.01. The fraction of sp³-hybridized carbons (Fsp3) is 0.472. The number of hydrogen-bond donors (Lipinski definition) is 11. The second-order valence-electron chi connectivity index (χ2n) is 13.5. The number of aliphatic hydroxyl groups excluding tert-OH is 3. The number of fused-ring (bicyclic) bond motifs is 1. The van der Waals surface area contributed by atoms with Crippen LogP contribution in [0.2, 0.25) is 0 Å². The predicted octanol–water partition coefficient (Wildman–Crippen LogP) is -0.375. The molecule has 26 heteroatoms. The number of phenolic OH excluding ortho intramolecular Hbond substituents is 2. The Hall–Kier alpha value is -5.44. The van der Waals surface area contributed by atoms with Crippen molar-refractivity contribution in [3.05, 3.63) is 48.3 Å². The van der Waals surface area contributed by atoms with Gasteiger partial charge in [-0.25, -0.2) is 28.9 Å². The Morgan fingerprint density at radius 2 is 1.61 bits per heavy atom. The summed E-state index contributed by atoms with van der Waals surface area (Å²) in [5.74, 6) is -5.86. The number of nitrogens with zero attached hydrogens (tertiary/aromatic N) is 4. The molecule has 1 aliphatic rings. The number of nitrogens with one attached hydrogen (secondary N) is 2. The van der Waals surface area contributed by atoms with Crippen molar-refractivity contribution >= 4 is 42.8 Å². The van der Waals surface area contributed by atoms with Crippen molar-refractivity contribution in [3.63, 3.8) is 0 Å². The Kier molecular flexibility index (Phi) is 17.3. The van der Waals surface area contributed by atoms with Gasteiger partial charge in [0.15, 0.2) is 34.2 Å². The van der Waals surface area contributed by atoms with Gasteiger partial charge in [-0.3, -0.25) is 9.32 Å². The van der Waals surface area contributed by atoms with Crippen molar-refractivity contribution < 1.29 is 87.3 Å². The van der Waals surface area contributed by atoms with E-state index in [-0.39, 0.29) is 93.5 Å². The molecule has 0 aliphatic heterocycles. The van der Waals surface area contributed by atoms with Gasteiger partial charge in [0.2, 0.25) is 17.4 Å². The largest absolute Gasteiger partial charge is 0.504 e. The van der Waals surface area contributed by atoms with Crippen LogP contribution >= 0.6 is 7.82 Å². The van der Waals surface area contributed by atoms with Gasteiger partial charge < -0.3 is 75.1 Å². The second kappa shape index (κ2) is 22.6. The summed E-state index contributed by atoms with van der Waals surface area (Å²) >= 11 is 0. The molecular weight excluding hydrogens is 849 g/mol. The van der Waals surface area contributed by atoms with E-state index in [1.54, 1.807) is 0 Å². The highest BCUT2D eigenvalue weighted by Gasteiger charge is 2.48. The van der Waals surface area contributed by atoms with Crippen LogP contribution in [-0.2, 0) is 48.9 Å². The van der Waals surface area contributed by atoms with E-state index in [1.165, 1.54) is 41.5 Å². The average molecular weight is 898 g/mol. The lowest BCUT2D eigenvalue weighted by atomic mass is 9.79. The summed E-state index contributed by atoms with van der Waals surface area (Å²) in [4.78, 5) is 47.3. The van der Waals surface area contributed by atoms with Gasteiger partial charge in [0.05, 0.1) is 38.6 Å². The molecular formula is C36H48N7O18P. The van der Waals surface area contributed by atoms with Gasteiger partial charge in [-0.15, -0.1) is 0 Å². The quantitative estimate of drug-likeness (QED) is 0.0107. The summed E-state index contributed by atoms with van der Waals surface area (Å²) in [6.45, 7) is 0.984. The maximum absolute atomic E-state index is 13.0. The number of amides is 1. The number of rotatable bonds is 24. The van der Waals surface area contributed by atoms with Crippen molar-refractivity contribution in [1.29, 1.82) is 0 Å². The van der Waals surface area contributed by atoms with Crippen molar-refractivity contribution in [3.8, 4) is 28.9 Å². The number of phenols is 2. The first-order valence-electron chi connectivity index (χ1n) is 19.0. The lowest BCUT2D eigenvalue weighted by Crippen LogP contribution is -2.58. The van der Waals surface area contributed by atoms with Gasteiger partial charge in [-0.2, -0.15) is 10.1 Å². The van der Waals surface area contributed by atoms with E-state index in [0.717, 1.165) is 6.08 Å². The minimum atomic E-state index is -4.67. The third kappa shape index (κ3) is 13.0. The monoisotopic (exact) mass is 897 g/mol. The van der Waals surface area contributed by atoms with Crippen LogP contribution in [0.25, 0.3) is 23.1 Å². The summed E-state index contributed by atoms with van der Waals surface area (Å²) in [5, 5.41) is 73.5. The highest BCUT2D eigenvalue weighted by atomic mass is 31.2. The predicted molar refractivity (Wildman–Crippen MR) is 210 cm³/mol. The standard InChI is InChI=1S/C36H48N7O18P/c37-33-28-34(40-18-39-33)43(19-41-28)36-31(51)30(50)25(59-36)17-58-62(53,54)61-42-8-2-10-56-12-14-57-13-11-55-9-1-7-38-35(52)27-23(46)16-24(47)29(49)32(27)60-26(48)6-4-20-3-5-21(44)22(45)15-20/h3-6,15,18-19,23-24,27,29,32,42,44-47,49-51H,1-2,7-14,16-17H2,(H,38,52)(H,53,54)(H2,37,39,40)/b6-4+. The summed E-state index contributed by atoms with van der Waals surface area (Å²) in [5.41, 5.74) is 8.79. The Morgan fingerprint density at radius 3 is 2.32 bits per heavy atom. The van der Waals surface area contributed by atoms with E-state index in [9.17, 15) is 54.8 Å². The lowest BCUT2D eigenvalue weighted by molar-refractivity contribution is -0.185. The molecule has 1 fully saturated rings. The van der Waals surface area contributed by atoms with Gasteiger partial charge >= 0.3 is 13.8 Å². The molecule has 340 valence electrons. The SMILES string of the molecule is Nc1ncnc2c1ncn2-c1oc(COP(=O)(O)ONCCCOCCOCCOCCCNC(=O)C2C(O)CC(O)C(O)C2OC(=O)/C=C/c2ccc(O)c(O)c2)c(O)c1O. The number of phosphoric acid groups is 1. The summed E-state index contributed by atoms with van der Waals surface area (Å²) < 4.78 is 50.1. The number of carbonyl (C=O) groups is 2. The zero-order valence-corrected chi connectivity index (χ0v) is 33.8. The van der Waals surface area contributed by atoms with Gasteiger partial charge in [0, 0.05) is 38.8 Å².